The summed E-state index contributed by atoms with van der Waals surface area (Å²) in [5.74, 6) is 0.950. The summed E-state index contributed by atoms with van der Waals surface area (Å²) >= 11 is 0. The Hall–Kier alpha value is -2.72. The summed E-state index contributed by atoms with van der Waals surface area (Å²) in [6.45, 7) is 9.38. The van der Waals surface area contributed by atoms with Crippen molar-refractivity contribution < 1.29 is 73.2 Å². The molecule has 0 bridgehead atoms. The average Bonchev–Trinajstić information content (AvgIpc) is 2.99. The monoisotopic (exact) mass is 707 g/mol. The molecule has 0 saturated heterocycles. The van der Waals surface area contributed by atoms with E-state index in [0.29, 0.717) is 95.5 Å². The normalized spacial score (nSPS) is 17.9. The summed E-state index contributed by atoms with van der Waals surface area (Å²) in [6.07, 6.45) is 2.39. The number of hydrogen-bond donors (Lipinski definition) is 1. The second kappa shape index (κ2) is 19.9. The number of benzene rings is 2. The van der Waals surface area contributed by atoms with Crippen molar-refractivity contribution in [3.63, 3.8) is 0 Å². The van der Waals surface area contributed by atoms with Crippen molar-refractivity contribution in [2.75, 3.05) is 85.8 Å². The fourth-order valence-corrected chi connectivity index (χ4v) is 3.75. The number of carbonyl (C=O) groups is 1. The molecule has 0 aromatic heterocycles. The van der Waals surface area contributed by atoms with Crippen molar-refractivity contribution in [3.05, 3.63) is 53.6 Å². The van der Waals surface area contributed by atoms with Gasteiger partial charge < -0.3 is 43.2 Å². The van der Waals surface area contributed by atoms with Gasteiger partial charge in [0.25, 0.3) is 0 Å². The van der Waals surface area contributed by atoms with Gasteiger partial charge in [-0.25, -0.2) is 4.79 Å². The number of carbonyl (C=O) groups excluding carboxylic acids is 1. The van der Waals surface area contributed by atoms with Crippen LogP contribution in [0.2, 0.25) is 0 Å². The molecule has 17 heteroatoms. The number of unbranched alkanes of at least 4 members (excludes halogenated alkanes) is 1. The molecule has 0 atom stereocenters. The molecule has 0 amide bonds. The summed E-state index contributed by atoms with van der Waals surface area (Å²) in [4.78, 5) is 12.9. The molecule has 0 spiro atoms. The van der Waals surface area contributed by atoms with Gasteiger partial charge in [-0.3, -0.25) is 0 Å². The van der Waals surface area contributed by atoms with E-state index in [2.05, 4.69) is 12.2 Å². The quantitative estimate of drug-likeness (QED) is 0.122. The van der Waals surface area contributed by atoms with E-state index >= 15 is 0 Å². The van der Waals surface area contributed by atoms with Crippen LogP contribution < -0.4 is 19.5 Å². The SMILES string of the molecule is CCCC[NH2+]Cc1ccc(OC(=O)c2ccc3c(c2)OCCOCCOCCOCCOCCOCCO3)cc1.F[P-](F)(F)(F)(F)F. The molecule has 47 heavy (non-hydrogen) atoms. The Kier molecular flexibility index (Phi) is 17.2. The van der Waals surface area contributed by atoms with E-state index < -0.39 is 13.8 Å². The van der Waals surface area contributed by atoms with Gasteiger partial charge in [-0.15, -0.1) is 0 Å². The Morgan fingerprint density at radius 3 is 1.60 bits per heavy atom. The van der Waals surface area contributed by atoms with Crippen LogP contribution in [0.3, 0.4) is 0 Å². The molecule has 2 aromatic carbocycles. The van der Waals surface area contributed by atoms with Gasteiger partial charge in [0.1, 0.15) is 25.5 Å². The summed E-state index contributed by atoms with van der Waals surface area (Å²) in [5, 5.41) is 2.28. The van der Waals surface area contributed by atoms with Crippen molar-refractivity contribution >= 4 is 13.8 Å². The maximum atomic E-state index is 12.9. The molecular weight excluding hydrogens is 663 g/mol. The molecular formula is C30H44F6NO9P. The molecule has 270 valence electrons. The number of ether oxygens (including phenoxy) is 8. The van der Waals surface area contributed by atoms with Crippen LogP contribution in [0, 0.1) is 0 Å². The van der Waals surface area contributed by atoms with Gasteiger partial charge in [-0.05, 0) is 48.9 Å². The van der Waals surface area contributed by atoms with E-state index in [4.69, 9.17) is 37.9 Å². The summed E-state index contributed by atoms with van der Waals surface area (Å²) < 4.78 is 104. The predicted octanol–water partition coefficient (Wildman–Crippen LogP) is 6.01. The maximum absolute atomic E-state index is 12.9. The van der Waals surface area contributed by atoms with Gasteiger partial charge in [0.05, 0.1) is 78.2 Å². The molecule has 1 aliphatic rings. The van der Waals surface area contributed by atoms with Crippen LogP contribution in [-0.2, 0) is 30.2 Å². The molecule has 0 radical (unpaired) electrons. The number of fused-ring (bicyclic) bond motifs is 1. The number of hydrogen-bond acceptors (Lipinski definition) is 9. The van der Waals surface area contributed by atoms with Crippen molar-refractivity contribution in [1.82, 2.24) is 0 Å². The molecule has 1 aliphatic heterocycles. The van der Waals surface area contributed by atoms with Crippen molar-refractivity contribution in [2.45, 2.75) is 26.3 Å². The number of quaternary nitrogens is 1. The van der Waals surface area contributed by atoms with Crippen LogP contribution in [-0.4, -0.2) is 91.8 Å². The minimum absolute atomic E-state index is 0.280. The third-order valence-corrected chi connectivity index (χ3v) is 5.91. The van der Waals surface area contributed by atoms with Gasteiger partial charge in [-0.1, -0.05) is 13.3 Å². The zero-order valence-corrected chi connectivity index (χ0v) is 27.2. The first-order valence-corrected chi connectivity index (χ1v) is 17.2. The van der Waals surface area contributed by atoms with Crippen LogP contribution >= 0.6 is 7.81 Å². The number of rotatable bonds is 7. The molecule has 0 unspecified atom stereocenters. The van der Waals surface area contributed by atoms with Gasteiger partial charge in [0.2, 0.25) is 0 Å². The van der Waals surface area contributed by atoms with E-state index in [-0.39, 0.29) is 6.61 Å². The fourth-order valence-electron chi connectivity index (χ4n) is 3.75. The third kappa shape index (κ3) is 23.3. The molecule has 0 saturated carbocycles. The second-order valence-electron chi connectivity index (χ2n) is 10.0. The van der Waals surface area contributed by atoms with Crippen LogP contribution in [0.25, 0.3) is 0 Å². The van der Waals surface area contributed by atoms with Crippen LogP contribution in [0.1, 0.15) is 35.7 Å². The molecule has 1 heterocycles. The number of esters is 1. The van der Waals surface area contributed by atoms with Crippen LogP contribution in [0.4, 0.5) is 25.2 Å². The predicted molar refractivity (Wildman–Crippen MR) is 162 cm³/mol. The van der Waals surface area contributed by atoms with E-state index in [0.717, 1.165) is 13.1 Å². The Morgan fingerprint density at radius 2 is 1.13 bits per heavy atom. The molecule has 2 N–H and O–H groups in total. The molecule has 10 nitrogen and oxygen atoms in total. The standard InChI is InChI=1S/C30H43NO9.F6P/c1-2-3-10-31-24-25-4-7-27(8-5-25)40-30(32)26-6-9-28-29(23-26)39-22-20-37-18-16-35-14-12-33-11-13-34-15-17-36-19-21-38-28;1-7(2,3,4,5)6/h4-9,23,31H,2-3,10-22,24H2,1H3;/q;-1/p+1. The van der Waals surface area contributed by atoms with Gasteiger partial charge in [-0.2, -0.15) is 0 Å². The molecule has 2 aromatic rings. The summed E-state index contributed by atoms with van der Waals surface area (Å²) in [6, 6.07) is 12.6. The number of nitrogens with two attached hydrogens (primary N) is 1. The van der Waals surface area contributed by atoms with E-state index in [1.165, 1.54) is 18.4 Å². The van der Waals surface area contributed by atoms with Crippen molar-refractivity contribution in [3.8, 4) is 17.2 Å². The minimum atomic E-state index is -10.7. The van der Waals surface area contributed by atoms with Gasteiger partial charge in [0.15, 0.2) is 11.5 Å². The third-order valence-electron chi connectivity index (χ3n) is 5.91. The zero-order chi connectivity index (χ0) is 34.5. The van der Waals surface area contributed by atoms with E-state index in [9.17, 15) is 30.0 Å². The summed E-state index contributed by atoms with van der Waals surface area (Å²) in [7, 11) is -10.7. The van der Waals surface area contributed by atoms with E-state index in [1.54, 1.807) is 18.2 Å². The molecule has 0 aliphatic carbocycles. The average molecular weight is 708 g/mol. The molecule has 3 rings (SSSR count). The topological polar surface area (TPSA) is 108 Å². The fraction of sp³-hybridized carbons (Fsp3) is 0.567. The second-order valence-corrected chi connectivity index (χ2v) is 12.0. The Bertz CT molecular complexity index is 1160. The van der Waals surface area contributed by atoms with Gasteiger partial charge in [0, 0.05) is 5.56 Å². The van der Waals surface area contributed by atoms with Crippen LogP contribution in [0.5, 0.6) is 17.2 Å². The van der Waals surface area contributed by atoms with Gasteiger partial charge >= 0.3 is 39.0 Å². The van der Waals surface area contributed by atoms with Crippen LogP contribution in [0.15, 0.2) is 42.5 Å². The number of halogens is 6. The summed E-state index contributed by atoms with van der Waals surface area (Å²) in [5.41, 5.74) is 1.54. The Morgan fingerprint density at radius 1 is 0.681 bits per heavy atom. The first-order valence-electron chi connectivity index (χ1n) is 15.2. The Labute approximate surface area is 270 Å². The van der Waals surface area contributed by atoms with E-state index in [1.807, 2.05) is 24.3 Å². The van der Waals surface area contributed by atoms with Crippen molar-refractivity contribution in [2.24, 2.45) is 0 Å². The molecule has 0 fully saturated rings. The first kappa shape index (κ1) is 40.5. The zero-order valence-electron chi connectivity index (χ0n) is 26.3. The first-order chi connectivity index (χ1) is 22.2. The van der Waals surface area contributed by atoms with Crippen molar-refractivity contribution in [1.29, 1.82) is 0 Å². The Balaban J connectivity index is 0.000000984.